The summed E-state index contributed by atoms with van der Waals surface area (Å²) in [6.07, 6.45) is 1.43. The van der Waals surface area contributed by atoms with Gasteiger partial charge in [-0.1, -0.05) is 29.8 Å². The fourth-order valence-corrected chi connectivity index (χ4v) is 2.99. The van der Waals surface area contributed by atoms with Crippen LogP contribution in [0.25, 0.3) is 0 Å². The van der Waals surface area contributed by atoms with Gasteiger partial charge in [0, 0.05) is 13.0 Å². The number of benzene rings is 1. The second kappa shape index (κ2) is 7.53. The van der Waals surface area contributed by atoms with Crippen LogP contribution in [-0.2, 0) is 16.1 Å². The van der Waals surface area contributed by atoms with Crippen molar-refractivity contribution in [2.75, 3.05) is 6.54 Å². The molecular formula is C19H22N2O4. The van der Waals surface area contributed by atoms with Crippen molar-refractivity contribution in [2.24, 2.45) is 0 Å². The molecule has 2 atom stereocenters. The van der Waals surface area contributed by atoms with Crippen LogP contribution in [0.5, 0.6) is 0 Å². The van der Waals surface area contributed by atoms with Crippen molar-refractivity contribution in [3.05, 3.63) is 59.5 Å². The lowest BCUT2D eigenvalue weighted by molar-refractivity contribution is -0.136. The van der Waals surface area contributed by atoms with Gasteiger partial charge in [-0.2, -0.15) is 0 Å². The maximum atomic E-state index is 12.5. The van der Waals surface area contributed by atoms with Crippen LogP contribution >= 0.6 is 0 Å². The average Bonchev–Trinajstić information content (AvgIpc) is 3.25. The average molecular weight is 342 g/mol. The molecule has 1 aromatic heterocycles. The number of aryl methyl sites for hydroxylation is 1. The summed E-state index contributed by atoms with van der Waals surface area (Å²) in [5.41, 5.74) is 2.15. The predicted octanol–water partition coefficient (Wildman–Crippen LogP) is 1.93. The van der Waals surface area contributed by atoms with Crippen LogP contribution in [0.15, 0.2) is 47.1 Å². The summed E-state index contributed by atoms with van der Waals surface area (Å²) in [7, 11) is 0. The third-order valence-electron chi connectivity index (χ3n) is 4.45. The van der Waals surface area contributed by atoms with E-state index in [-0.39, 0.29) is 18.4 Å². The molecule has 1 aliphatic rings. The summed E-state index contributed by atoms with van der Waals surface area (Å²) < 4.78 is 5.11. The number of aliphatic hydroxyl groups excluding tert-OH is 1. The van der Waals surface area contributed by atoms with Crippen molar-refractivity contribution < 1.29 is 19.1 Å². The van der Waals surface area contributed by atoms with Crippen LogP contribution < -0.4 is 5.32 Å². The Labute approximate surface area is 146 Å². The quantitative estimate of drug-likeness (QED) is 0.840. The maximum Gasteiger partial charge on any atom is 0.242 e. The third-order valence-corrected chi connectivity index (χ3v) is 4.45. The first kappa shape index (κ1) is 17.2. The summed E-state index contributed by atoms with van der Waals surface area (Å²) in [5.74, 6) is 0.134. The van der Waals surface area contributed by atoms with E-state index in [2.05, 4.69) is 5.32 Å². The van der Waals surface area contributed by atoms with Crippen LogP contribution in [0.3, 0.4) is 0 Å². The minimum atomic E-state index is -0.901. The first-order valence-electron chi connectivity index (χ1n) is 8.39. The van der Waals surface area contributed by atoms with Crippen molar-refractivity contribution in [3.8, 4) is 0 Å². The molecule has 0 aliphatic carbocycles. The lowest BCUT2D eigenvalue weighted by Gasteiger charge is -2.24. The largest absolute Gasteiger partial charge is 0.467 e. The molecule has 3 rings (SSSR count). The second-order valence-corrected chi connectivity index (χ2v) is 6.34. The summed E-state index contributed by atoms with van der Waals surface area (Å²) in [6.45, 7) is 2.47. The van der Waals surface area contributed by atoms with Gasteiger partial charge in [0.25, 0.3) is 0 Å². The number of hydrogen-bond acceptors (Lipinski definition) is 4. The fourth-order valence-electron chi connectivity index (χ4n) is 2.99. The Balaban J connectivity index is 1.60. The topological polar surface area (TPSA) is 82.8 Å². The van der Waals surface area contributed by atoms with Crippen LogP contribution in [0.4, 0.5) is 0 Å². The van der Waals surface area contributed by atoms with Crippen LogP contribution in [0.1, 0.15) is 35.8 Å². The number of aliphatic hydroxyl groups is 1. The number of rotatable bonds is 6. The molecule has 0 unspecified atom stereocenters. The maximum absolute atomic E-state index is 12.5. The van der Waals surface area contributed by atoms with E-state index in [1.807, 2.05) is 31.2 Å². The van der Waals surface area contributed by atoms with Crippen LogP contribution in [-0.4, -0.2) is 34.4 Å². The van der Waals surface area contributed by atoms with Gasteiger partial charge in [-0.3, -0.25) is 9.59 Å². The van der Waals surface area contributed by atoms with Crippen molar-refractivity contribution in [3.63, 3.8) is 0 Å². The van der Waals surface area contributed by atoms with E-state index in [9.17, 15) is 14.7 Å². The van der Waals surface area contributed by atoms with Gasteiger partial charge in [0.15, 0.2) is 0 Å². The number of carbonyl (C=O) groups is 2. The normalized spacial score (nSPS) is 18.4. The molecule has 2 aromatic rings. The van der Waals surface area contributed by atoms with E-state index in [0.29, 0.717) is 25.1 Å². The molecule has 2 amide bonds. The molecule has 1 fully saturated rings. The first-order chi connectivity index (χ1) is 12.0. The summed E-state index contributed by atoms with van der Waals surface area (Å²) in [4.78, 5) is 26.3. The minimum Gasteiger partial charge on any atom is -0.467 e. The highest BCUT2D eigenvalue weighted by Crippen LogP contribution is 2.22. The molecule has 0 bridgehead atoms. The van der Waals surface area contributed by atoms with Gasteiger partial charge in [0.1, 0.15) is 17.9 Å². The Kier molecular flexibility index (Phi) is 5.19. The molecule has 2 N–H and O–H groups in total. The summed E-state index contributed by atoms with van der Waals surface area (Å²) in [6, 6.07) is 10.7. The molecule has 6 heteroatoms. The van der Waals surface area contributed by atoms with Crippen molar-refractivity contribution >= 4 is 11.8 Å². The monoisotopic (exact) mass is 342 g/mol. The lowest BCUT2D eigenvalue weighted by Crippen LogP contribution is -2.45. The fraction of sp³-hybridized carbons (Fsp3) is 0.368. The Morgan fingerprint density at radius 3 is 2.80 bits per heavy atom. The standard InChI is InChI=1S/C19H22N2O4/c1-13-4-6-14(7-5-13)12-21-15(8-9-18(21)23)19(24)20-11-16(22)17-3-2-10-25-17/h2-7,10,15-16,22H,8-9,11-12H2,1H3,(H,20,24)/t15-,16+/m1/s1. The van der Waals surface area contributed by atoms with Crippen molar-refractivity contribution in [2.45, 2.75) is 38.5 Å². The van der Waals surface area contributed by atoms with E-state index in [1.54, 1.807) is 17.0 Å². The van der Waals surface area contributed by atoms with Gasteiger partial charge in [-0.25, -0.2) is 0 Å². The van der Waals surface area contributed by atoms with Gasteiger partial charge in [-0.05, 0) is 31.0 Å². The zero-order chi connectivity index (χ0) is 17.8. The number of furan rings is 1. The third kappa shape index (κ3) is 4.09. The Morgan fingerprint density at radius 2 is 2.12 bits per heavy atom. The van der Waals surface area contributed by atoms with E-state index < -0.39 is 12.1 Å². The molecular weight excluding hydrogens is 320 g/mol. The summed E-state index contributed by atoms with van der Waals surface area (Å²) >= 11 is 0. The molecule has 25 heavy (non-hydrogen) atoms. The SMILES string of the molecule is Cc1ccc(CN2C(=O)CC[C@@H]2C(=O)NC[C@H](O)c2ccco2)cc1. The van der Waals surface area contributed by atoms with Gasteiger partial charge < -0.3 is 19.7 Å². The van der Waals surface area contributed by atoms with E-state index in [1.165, 1.54) is 6.26 Å². The van der Waals surface area contributed by atoms with E-state index in [4.69, 9.17) is 4.42 Å². The Hall–Kier alpha value is -2.60. The highest BCUT2D eigenvalue weighted by molar-refractivity contribution is 5.90. The predicted molar refractivity (Wildman–Crippen MR) is 91.4 cm³/mol. The highest BCUT2D eigenvalue weighted by Gasteiger charge is 2.36. The molecule has 0 spiro atoms. The number of carbonyl (C=O) groups excluding carboxylic acids is 2. The van der Waals surface area contributed by atoms with Gasteiger partial charge in [-0.15, -0.1) is 0 Å². The zero-order valence-electron chi connectivity index (χ0n) is 14.1. The van der Waals surface area contributed by atoms with Crippen LogP contribution in [0, 0.1) is 6.92 Å². The van der Waals surface area contributed by atoms with Gasteiger partial charge in [0.2, 0.25) is 11.8 Å². The molecule has 0 saturated carbocycles. The van der Waals surface area contributed by atoms with Gasteiger partial charge in [0.05, 0.1) is 12.8 Å². The van der Waals surface area contributed by atoms with Crippen LogP contribution in [0.2, 0.25) is 0 Å². The molecule has 1 saturated heterocycles. The van der Waals surface area contributed by atoms with E-state index >= 15 is 0 Å². The smallest absolute Gasteiger partial charge is 0.242 e. The molecule has 132 valence electrons. The molecule has 1 aromatic carbocycles. The van der Waals surface area contributed by atoms with E-state index in [0.717, 1.165) is 11.1 Å². The molecule has 0 radical (unpaired) electrons. The number of amides is 2. The minimum absolute atomic E-state index is 0.0210. The number of likely N-dealkylation sites (tertiary alicyclic amines) is 1. The zero-order valence-corrected chi connectivity index (χ0v) is 14.1. The first-order valence-corrected chi connectivity index (χ1v) is 8.39. The molecule has 6 nitrogen and oxygen atoms in total. The summed E-state index contributed by atoms with van der Waals surface area (Å²) in [5, 5.41) is 12.7. The molecule has 2 heterocycles. The Bertz CT molecular complexity index is 724. The molecule has 1 aliphatic heterocycles. The lowest BCUT2D eigenvalue weighted by atomic mass is 10.1. The van der Waals surface area contributed by atoms with Crippen molar-refractivity contribution in [1.82, 2.24) is 10.2 Å². The number of nitrogens with zero attached hydrogens (tertiary/aromatic N) is 1. The highest BCUT2D eigenvalue weighted by atomic mass is 16.4. The second-order valence-electron chi connectivity index (χ2n) is 6.34. The van der Waals surface area contributed by atoms with Crippen molar-refractivity contribution in [1.29, 1.82) is 0 Å². The number of nitrogens with one attached hydrogen (secondary N) is 1. The number of hydrogen-bond donors (Lipinski definition) is 2. The Morgan fingerprint density at radius 1 is 1.36 bits per heavy atom. The van der Waals surface area contributed by atoms with Gasteiger partial charge >= 0.3 is 0 Å².